The number of nitrogens with one attached hydrogen (secondary N) is 1. The molecule has 14 heavy (non-hydrogen) atoms. The molecule has 3 N–H and O–H groups in total. The molecule has 6 heteroatoms. The predicted molar refractivity (Wildman–Crippen MR) is 53.4 cm³/mol. The fraction of sp³-hybridized carbons (Fsp3) is 0.875. The summed E-state index contributed by atoms with van der Waals surface area (Å²) in [6, 6.07) is -0.534. The van der Waals surface area contributed by atoms with E-state index in [0.29, 0.717) is 13.0 Å². The second kappa shape index (κ2) is 4.27. The van der Waals surface area contributed by atoms with Gasteiger partial charge >= 0.3 is 0 Å². The van der Waals surface area contributed by atoms with E-state index >= 15 is 0 Å². The molecular formula is C8H16N2O3S. The van der Waals surface area contributed by atoms with Gasteiger partial charge in [0.15, 0.2) is 9.84 Å². The van der Waals surface area contributed by atoms with E-state index in [-0.39, 0.29) is 23.3 Å². The van der Waals surface area contributed by atoms with Crippen molar-refractivity contribution in [3.63, 3.8) is 0 Å². The molecule has 0 aromatic carbocycles. The average molecular weight is 220 g/mol. The Kier molecular flexibility index (Phi) is 3.49. The van der Waals surface area contributed by atoms with Gasteiger partial charge < -0.3 is 11.1 Å². The molecular weight excluding hydrogens is 204 g/mol. The summed E-state index contributed by atoms with van der Waals surface area (Å²) < 4.78 is 22.2. The summed E-state index contributed by atoms with van der Waals surface area (Å²) in [5, 5.41) is 2.63. The van der Waals surface area contributed by atoms with Crippen molar-refractivity contribution in [2.75, 3.05) is 18.1 Å². The molecule has 1 fully saturated rings. The van der Waals surface area contributed by atoms with Gasteiger partial charge in [0.05, 0.1) is 17.5 Å². The molecule has 0 aromatic heterocycles. The first-order valence-corrected chi connectivity index (χ1v) is 6.46. The molecule has 1 rings (SSSR count). The van der Waals surface area contributed by atoms with Crippen LogP contribution >= 0.6 is 0 Å². The molecule has 0 aliphatic carbocycles. The van der Waals surface area contributed by atoms with E-state index in [1.54, 1.807) is 6.92 Å². The van der Waals surface area contributed by atoms with E-state index in [1.807, 2.05) is 0 Å². The average Bonchev–Trinajstić information content (AvgIpc) is 2.41. The van der Waals surface area contributed by atoms with Crippen LogP contribution in [0, 0.1) is 5.92 Å². The first kappa shape index (κ1) is 11.5. The first-order valence-electron chi connectivity index (χ1n) is 4.64. The van der Waals surface area contributed by atoms with Gasteiger partial charge in [0.1, 0.15) is 0 Å². The summed E-state index contributed by atoms with van der Waals surface area (Å²) in [6.45, 7) is 2.01. The molecule has 1 aliphatic rings. The van der Waals surface area contributed by atoms with Gasteiger partial charge in [-0.1, -0.05) is 0 Å². The van der Waals surface area contributed by atoms with Crippen molar-refractivity contribution in [1.29, 1.82) is 0 Å². The van der Waals surface area contributed by atoms with Crippen molar-refractivity contribution >= 4 is 15.7 Å². The van der Waals surface area contributed by atoms with Crippen molar-refractivity contribution in [3.05, 3.63) is 0 Å². The summed E-state index contributed by atoms with van der Waals surface area (Å²) in [4.78, 5) is 11.1. The molecule has 1 aliphatic heterocycles. The Hall–Kier alpha value is -0.620. The highest BCUT2D eigenvalue weighted by Gasteiger charge is 2.27. The lowest BCUT2D eigenvalue weighted by Gasteiger charge is -2.11. The van der Waals surface area contributed by atoms with Crippen LogP contribution in [0.1, 0.15) is 13.3 Å². The minimum Gasteiger partial charge on any atom is -0.354 e. The zero-order chi connectivity index (χ0) is 10.8. The van der Waals surface area contributed by atoms with Crippen LogP contribution in [0.4, 0.5) is 0 Å². The van der Waals surface area contributed by atoms with E-state index in [1.165, 1.54) is 0 Å². The molecule has 1 amide bonds. The van der Waals surface area contributed by atoms with Crippen LogP contribution in [-0.4, -0.2) is 38.4 Å². The van der Waals surface area contributed by atoms with Crippen molar-refractivity contribution in [3.8, 4) is 0 Å². The number of rotatable bonds is 3. The standard InChI is InChI=1S/C8H16N2O3S/c1-6(9)8(11)10-4-7-2-3-14(12,13)5-7/h6-7H,2-5,9H2,1H3,(H,10,11)/t6-,7+/m1/s1. The minimum absolute atomic E-state index is 0.0581. The highest BCUT2D eigenvalue weighted by Crippen LogP contribution is 2.17. The molecule has 1 heterocycles. The Morgan fingerprint density at radius 2 is 2.29 bits per heavy atom. The van der Waals surface area contributed by atoms with Gasteiger partial charge in [-0.3, -0.25) is 4.79 Å². The Bertz CT molecular complexity index is 311. The van der Waals surface area contributed by atoms with Crippen LogP contribution in [0.25, 0.3) is 0 Å². The van der Waals surface area contributed by atoms with Crippen LogP contribution in [0.2, 0.25) is 0 Å². The molecule has 1 saturated heterocycles. The lowest BCUT2D eigenvalue weighted by atomic mass is 10.1. The minimum atomic E-state index is -2.85. The van der Waals surface area contributed by atoms with E-state index in [9.17, 15) is 13.2 Å². The topological polar surface area (TPSA) is 89.3 Å². The molecule has 0 unspecified atom stereocenters. The van der Waals surface area contributed by atoms with Gasteiger partial charge in [-0.2, -0.15) is 0 Å². The first-order chi connectivity index (χ1) is 6.41. The lowest BCUT2D eigenvalue weighted by Crippen LogP contribution is -2.40. The van der Waals surface area contributed by atoms with Crippen LogP contribution in [0.3, 0.4) is 0 Å². The smallest absolute Gasteiger partial charge is 0.236 e. The van der Waals surface area contributed by atoms with Gasteiger partial charge in [-0.05, 0) is 19.3 Å². The molecule has 82 valence electrons. The van der Waals surface area contributed by atoms with Crippen LogP contribution < -0.4 is 11.1 Å². The van der Waals surface area contributed by atoms with Crippen LogP contribution in [-0.2, 0) is 14.6 Å². The maximum absolute atomic E-state index is 11.1. The monoisotopic (exact) mass is 220 g/mol. The Morgan fingerprint density at radius 1 is 1.64 bits per heavy atom. The maximum Gasteiger partial charge on any atom is 0.236 e. The van der Waals surface area contributed by atoms with E-state index in [0.717, 1.165) is 0 Å². The number of hydrogen-bond donors (Lipinski definition) is 2. The lowest BCUT2D eigenvalue weighted by molar-refractivity contribution is -0.122. The third-order valence-electron chi connectivity index (χ3n) is 2.31. The predicted octanol–water partition coefficient (Wildman–Crippen LogP) is -1.12. The number of nitrogens with two attached hydrogens (primary N) is 1. The van der Waals surface area contributed by atoms with Gasteiger partial charge in [-0.15, -0.1) is 0 Å². The third-order valence-corrected chi connectivity index (χ3v) is 4.14. The highest BCUT2D eigenvalue weighted by molar-refractivity contribution is 7.91. The number of carbonyl (C=O) groups is 1. The number of amides is 1. The molecule has 0 spiro atoms. The normalized spacial score (nSPS) is 27.1. The summed E-state index contributed by atoms with van der Waals surface area (Å²) in [7, 11) is -2.85. The fourth-order valence-electron chi connectivity index (χ4n) is 1.44. The summed E-state index contributed by atoms with van der Waals surface area (Å²) >= 11 is 0. The van der Waals surface area contributed by atoms with Crippen molar-refractivity contribution in [1.82, 2.24) is 5.32 Å². The van der Waals surface area contributed by atoms with Gasteiger partial charge in [-0.25, -0.2) is 8.42 Å². The summed E-state index contributed by atoms with van der Waals surface area (Å²) in [6.07, 6.45) is 0.640. The van der Waals surface area contributed by atoms with Gasteiger partial charge in [0.2, 0.25) is 5.91 Å². The summed E-state index contributed by atoms with van der Waals surface area (Å²) in [5.74, 6) is 0.259. The molecule has 2 atom stereocenters. The quantitative estimate of drug-likeness (QED) is 0.631. The largest absolute Gasteiger partial charge is 0.354 e. The molecule has 5 nitrogen and oxygen atoms in total. The van der Waals surface area contributed by atoms with Crippen molar-refractivity contribution in [2.45, 2.75) is 19.4 Å². The fourth-order valence-corrected chi connectivity index (χ4v) is 3.30. The highest BCUT2D eigenvalue weighted by atomic mass is 32.2. The number of sulfone groups is 1. The second-order valence-electron chi connectivity index (χ2n) is 3.80. The number of hydrogen-bond acceptors (Lipinski definition) is 4. The van der Waals surface area contributed by atoms with Crippen molar-refractivity contribution in [2.24, 2.45) is 11.7 Å². The van der Waals surface area contributed by atoms with E-state index in [4.69, 9.17) is 5.73 Å². The third kappa shape index (κ3) is 3.26. The Labute approximate surface area is 84.0 Å². The molecule has 0 radical (unpaired) electrons. The molecule has 0 saturated carbocycles. The van der Waals surface area contributed by atoms with Crippen LogP contribution in [0.15, 0.2) is 0 Å². The Balaban J connectivity index is 2.31. The maximum atomic E-state index is 11.1. The zero-order valence-electron chi connectivity index (χ0n) is 8.19. The zero-order valence-corrected chi connectivity index (χ0v) is 9.01. The van der Waals surface area contributed by atoms with Gasteiger partial charge in [0, 0.05) is 6.54 Å². The van der Waals surface area contributed by atoms with Crippen molar-refractivity contribution < 1.29 is 13.2 Å². The SMILES string of the molecule is C[C@@H](N)C(=O)NC[C@@H]1CCS(=O)(=O)C1. The number of carbonyl (C=O) groups excluding carboxylic acids is 1. The van der Waals surface area contributed by atoms with Crippen LogP contribution in [0.5, 0.6) is 0 Å². The molecule has 0 bridgehead atoms. The summed E-state index contributed by atoms with van der Waals surface area (Å²) in [5.41, 5.74) is 5.34. The Morgan fingerprint density at radius 3 is 2.71 bits per heavy atom. The second-order valence-corrected chi connectivity index (χ2v) is 6.03. The van der Waals surface area contributed by atoms with E-state index < -0.39 is 15.9 Å². The van der Waals surface area contributed by atoms with Gasteiger partial charge in [0.25, 0.3) is 0 Å². The van der Waals surface area contributed by atoms with E-state index in [2.05, 4.69) is 5.32 Å². The molecule has 0 aromatic rings.